The first-order valence-corrected chi connectivity index (χ1v) is 19.4. The number of hydrogen-bond donors (Lipinski definition) is 2. The van der Waals surface area contributed by atoms with E-state index in [9.17, 15) is 32.7 Å². The van der Waals surface area contributed by atoms with Gasteiger partial charge in [-0.2, -0.15) is 18.2 Å². The van der Waals surface area contributed by atoms with Crippen LogP contribution in [0, 0.1) is 27.2 Å². The van der Waals surface area contributed by atoms with Crippen LogP contribution in [-0.2, 0) is 30.8 Å². The van der Waals surface area contributed by atoms with E-state index in [1.54, 1.807) is 48.5 Å². The van der Waals surface area contributed by atoms with E-state index in [1.807, 2.05) is 6.08 Å². The van der Waals surface area contributed by atoms with Crippen LogP contribution in [0.15, 0.2) is 84.6 Å². The number of rotatable bonds is 7. The predicted octanol–water partition coefficient (Wildman–Crippen LogP) is 7.92. The number of amides is 4. The maximum absolute atomic E-state index is 15.5. The summed E-state index contributed by atoms with van der Waals surface area (Å²) in [6.07, 6.45) is -2.38. The van der Waals surface area contributed by atoms with Crippen LogP contribution in [0.4, 0.5) is 24.7 Å². The predicted molar refractivity (Wildman–Crippen MR) is 210 cm³/mol. The number of hydrogen-bond acceptors (Lipinski definition) is 9. The molecule has 57 heavy (non-hydrogen) atoms. The third-order valence-electron chi connectivity index (χ3n) is 11.5. The van der Waals surface area contributed by atoms with Gasteiger partial charge >= 0.3 is 6.18 Å². The maximum Gasteiger partial charge on any atom is 0.417 e. The zero-order valence-corrected chi connectivity index (χ0v) is 33.5. The molecule has 3 heterocycles. The average molecular weight is 934 g/mol. The van der Waals surface area contributed by atoms with Gasteiger partial charge in [-0.3, -0.25) is 29.5 Å². The third-order valence-corrected chi connectivity index (χ3v) is 12.7. The lowest BCUT2D eigenvalue weighted by Gasteiger charge is -2.51. The monoisotopic (exact) mass is 932 g/mol. The number of carbonyl (C=O) groups is 4. The Bertz CT molecular complexity index is 2370. The Kier molecular flexibility index (Phi) is 9.71. The number of hydrazine groups is 1. The largest absolute Gasteiger partial charge is 0.508 e. The van der Waals surface area contributed by atoms with Crippen LogP contribution in [0.1, 0.15) is 35.4 Å². The number of halogens is 6. The minimum absolute atomic E-state index is 0.0919. The molecule has 6 atom stereocenters. The highest BCUT2D eigenvalue weighted by molar-refractivity contribution is 14.1. The number of benzene rings is 3. The lowest BCUT2D eigenvalue weighted by molar-refractivity contribution is -0.139. The standard InChI is InChI=1S/C40H30Cl2F3IN4O7/c1-56-29-14-23(51)15-30(57-2)32(29)33-24-11-12-25-31(37(54)49(35(25)52)22-9-7-21(46)8-10-22)26(24)16-27-36(53)50(38(55)39(27,33)18-3-5-20(41)6-4-18)48-34-28(42)13-19(17-47-34)40(43,44)45/h3-11,13-15,17,25-27,31,33,51H,12,16H2,1-2H3,(H,47,48)/t25-,26+,27-,31-,33+,39+/m0/s1. The highest BCUT2D eigenvalue weighted by Gasteiger charge is 2.71. The second-order valence-electron chi connectivity index (χ2n) is 14.2. The lowest BCUT2D eigenvalue weighted by atomic mass is 9.49. The summed E-state index contributed by atoms with van der Waals surface area (Å²) in [5, 5.41) is 11.3. The number of phenols is 1. The van der Waals surface area contributed by atoms with Crippen LogP contribution in [0.2, 0.25) is 10.0 Å². The van der Waals surface area contributed by atoms with E-state index in [0.717, 1.165) is 3.57 Å². The molecule has 2 N–H and O–H groups in total. The van der Waals surface area contributed by atoms with Crippen molar-refractivity contribution < 1.29 is 46.9 Å². The summed E-state index contributed by atoms with van der Waals surface area (Å²) in [6, 6.07) is 16.6. The number of anilines is 2. The minimum Gasteiger partial charge on any atom is -0.508 e. The molecule has 11 nitrogen and oxygen atoms in total. The molecule has 3 fully saturated rings. The number of aromatic hydroxyl groups is 1. The van der Waals surface area contributed by atoms with Crippen molar-refractivity contribution in [3.05, 3.63) is 115 Å². The minimum atomic E-state index is -4.77. The Balaban J connectivity index is 1.36. The second kappa shape index (κ2) is 14.2. The molecule has 0 spiro atoms. The zero-order chi connectivity index (χ0) is 40.7. The first-order chi connectivity index (χ1) is 27.1. The highest BCUT2D eigenvalue weighted by Crippen LogP contribution is 2.66. The van der Waals surface area contributed by atoms with Crippen LogP contribution < -0.4 is 19.8 Å². The summed E-state index contributed by atoms with van der Waals surface area (Å²) in [4.78, 5) is 64.2. The first-order valence-electron chi connectivity index (χ1n) is 17.5. The summed E-state index contributed by atoms with van der Waals surface area (Å²) in [5.74, 6) is -7.81. The summed E-state index contributed by atoms with van der Waals surface area (Å²) >= 11 is 14.8. The molecule has 0 radical (unpaired) electrons. The van der Waals surface area contributed by atoms with E-state index in [4.69, 9.17) is 32.7 Å². The summed E-state index contributed by atoms with van der Waals surface area (Å²) in [5.41, 5.74) is 1.17. The molecule has 4 aliphatic rings. The van der Waals surface area contributed by atoms with Gasteiger partial charge in [0.2, 0.25) is 11.8 Å². The average Bonchev–Trinajstić information content (AvgIpc) is 3.56. The lowest BCUT2D eigenvalue weighted by Crippen LogP contribution is -2.53. The van der Waals surface area contributed by atoms with Crippen LogP contribution in [0.3, 0.4) is 0 Å². The van der Waals surface area contributed by atoms with Crippen molar-refractivity contribution in [2.24, 2.45) is 23.7 Å². The normalized spacial score (nSPS) is 25.5. The van der Waals surface area contributed by atoms with Crippen LogP contribution in [-0.4, -0.2) is 52.9 Å². The Hall–Kier alpha value is -4.87. The molecular weight excluding hydrogens is 903 g/mol. The van der Waals surface area contributed by atoms with Gasteiger partial charge in [-0.05, 0) is 89.4 Å². The number of aromatic nitrogens is 1. The number of alkyl halides is 3. The summed E-state index contributed by atoms with van der Waals surface area (Å²) < 4.78 is 53.2. The molecule has 294 valence electrons. The molecular formula is C40H30Cl2F3IN4O7. The maximum atomic E-state index is 15.5. The van der Waals surface area contributed by atoms with Gasteiger partial charge in [-0.15, -0.1) is 0 Å². The molecule has 1 aromatic heterocycles. The summed E-state index contributed by atoms with van der Waals surface area (Å²) in [6.45, 7) is 0. The van der Waals surface area contributed by atoms with Crippen molar-refractivity contribution >= 4 is 80.9 Å². The van der Waals surface area contributed by atoms with Crippen molar-refractivity contribution in [2.75, 3.05) is 24.5 Å². The third kappa shape index (κ3) is 6.02. The molecule has 2 aliphatic heterocycles. The van der Waals surface area contributed by atoms with Crippen molar-refractivity contribution in [3.63, 3.8) is 0 Å². The topological polar surface area (TPSA) is 138 Å². The van der Waals surface area contributed by atoms with Crippen LogP contribution >= 0.6 is 45.8 Å². The molecule has 1 saturated carbocycles. The smallest absolute Gasteiger partial charge is 0.417 e. The zero-order valence-electron chi connectivity index (χ0n) is 29.8. The molecule has 2 aliphatic carbocycles. The molecule has 3 aromatic carbocycles. The molecule has 0 unspecified atom stereocenters. The van der Waals surface area contributed by atoms with Gasteiger partial charge in [0.25, 0.3) is 11.8 Å². The Morgan fingerprint density at radius 2 is 1.56 bits per heavy atom. The van der Waals surface area contributed by atoms with Gasteiger partial charge in [-0.25, -0.2) is 4.98 Å². The Morgan fingerprint density at radius 1 is 0.912 bits per heavy atom. The second-order valence-corrected chi connectivity index (χ2v) is 16.3. The van der Waals surface area contributed by atoms with E-state index >= 15 is 4.79 Å². The molecule has 2 saturated heterocycles. The number of phenolic OH excluding ortho intramolecular Hbond substituents is 1. The fourth-order valence-electron chi connectivity index (χ4n) is 9.15. The van der Waals surface area contributed by atoms with Gasteiger partial charge in [0.1, 0.15) is 17.2 Å². The van der Waals surface area contributed by atoms with Gasteiger partial charge in [0.05, 0.1) is 53.7 Å². The van der Waals surface area contributed by atoms with Gasteiger partial charge in [0.15, 0.2) is 5.82 Å². The van der Waals surface area contributed by atoms with E-state index in [1.165, 1.54) is 31.3 Å². The van der Waals surface area contributed by atoms with Gasteiger partial charge in [0, 0.05) is 38.4 Å². The quantitative estimate of drug-likeness (QED) is 0.108. The number of methoxy groups -OCH3 is 2. The van der Waals surface area contributed by atoms with Crippen molar-refractivity contribution in [1.29, 1.82) is 0 Å². The molecule has 0 bridgehead atoms. The number of ether oxygens (including phenoxy) is 2. The first kappa shape index (κ1) is 39.0. The number of allylic oxidation sites excluding steroid dienone is 2. The summed E-state index contributed by atoms with van der Waals surface area (Å²) in [7, 11) is 2.73. The number of carbonyl (C=O) groups excluding carboxylic acids is 4. The SMILES string of the molecule is COc1cc(O)cc(OC)c1[C@H]1C2=CC[C@@H]3C(=O)N(c4ccc(I)cc4)C(=O)[C@@H]3[C@@H]2C[C@H]2C(=O)N(Nc3ncc(C(F)(F)F)cc3Cl)C(=O)[C@@]12c1ccc(Cl)cc1. The van der Waals surface area contributed by atoms with Crippen molar-refractivity contribution in [3.8, 4) is 17.2 Å². The molecule has 8 rings (SSSR count). The van der Waals surface area contributed by atoms with E-state index in [0.29, 0.717) is 39.1 Å². The van der Waals surface area contributed by atoms with E-state index in [2.05, 4.69) is 33.0 Å². The van der Waals surface area contributed by atoms with E-state index < -0.39 is 81.2 Å². The van der Waals surface area contributed by atoms with Crippen molar-refractivity contribution in [2.45, 2.75) is 30.4 Å². The van der Waals surface area contributed by atoms with Gasteiger partial charge < -0.3 is 14.6 Å². The molecule has 4 aromatic rings. The van der Waals surface area contributed by atoms with Crippen LogP contribution in [0.25, 0.3) is 0 Å². The Labute approximate surface area is 346 Å². The number of fused-ring (bicyclic) bond motifs is 4. The number of nitrogens with one attached hydrogen (secondary N) is 1. The van der Waals surface area contributed by atoms with Crippen molar-refractivity contribution in [1.82, 2.24) is 9.99 Å². The number of pyridine rings is 1. The van der Waals surface area contributed by atoms with Gasteiger partial charge in [-0.1, -0.05) is 47.0 Å². The Morgan fingerprint density at radius 3 is 2.16 bits per heavy atom. The fourth-order valence-corrected chi connectivity index (χ4v) is 9.85. The molecule has 17 heteroatoms. The molecule has 4 amide bonds. The highest BCUT2D eigenvalue weighted by atomic mass is 127. The van der Waals surface area contributed by atoms with E-state index in [-0.39, 0.29) is 35.7 Å². The fraction of sp³-hybridized carbons (Fsp3) is 0.275. The number of imide groups is 2. The van der Waals surface area contributed by atoms with Crippen LogP contribution in [0.5, 0.6) is 17.2 Å². The number of nitrogens with zero attached hydrogens (tertiary/aromatic N) is 3.